The van der Waals surface area contributed by atoms with Crippen LogP contribution in [0.4, 0.5) is 0 Å². The normalized spacial score (nSPS) is 10.8. The van der Waals surface area contributed by atoms with E-state index < -0.39 is 0 Å². The minimum Gasteiger partial charge on any atom is -0.235 e. The molecule has 0 N–H and O–H groups in total. The molecule has 3 heteroatoms. The molecular formula is C15H13NS2. The minimum atomic E-state index is 1.07. The van der Waals surface area contributed by atoms with Gasteiger partial charge < -0.3 is 0 Å². The summed E-state index contributed by atoms with van der Waals surface area (Å²) in [6.45, 7) is 4.23. The molecule has 0 atom stereocenters. The van der Waals surface area contributed by atoms with Gasteiger partial charge in [-0.2, -0.15) is 0 Å². The second-order valence-corrected chi connectivity index (χ2v) is 6.46. The molecule has 0 unspecified atom stereocenters. The molecule has 0 fully saturated rings. The standard InChI is InChI=1S/C15H13NS2/c1-10-3-6-12(7-4-10)13-9-17-15(16-13)14-8-5-11(2)18-14/h3-9H,1-2H3. The lowest BCUT2D eigenvalue weighted by Gasteiger charge is -1.96. The Morgan fingerprint density at radius 1 is 0.944 bits per heavy atom. The molecule has 0 saturated carbocycles. The maximum atomic E-state index is 4.72. The van der Waals surface area contributed by atoms with Crippen LogP contribution >= 0.6 is 22.7 Å². The van der Waals surface area contributed by atoms with Crippen molar-refractivity contribution in [3.8, 4) is 21.1 Å². The van der Waals surface area contributed by atoms with Crippen LogP contribution in [0.1, 0.15) is 10.4 Å². The Hall–Kier alpha value is -1.45. The molecule has 1 aromatic carbocycles. The van der Waals surface area contributed by atoms with Gasteiger partial charge in [0.25, 0.3) is 0 Å². The number of hydrogen-bond acceptors (Lipinski definition) is 3. The van der Waals surface area contributed by atoms with Crippen LogP contribution in [0.3, 0.4) is 0 Å². The van der Waals surface area contributed by atoms with E-state index in [0.29, 0.717) is 0 Å². The Morgan fingerprint density at radius 3 is 2.39 bits per heavy atom. The van der Waals surface area contributed by atoms with Gasteiger partial charge in [0, 0.05) is 15.8 Å². The van der Waals surface area contributed by atoms with Crippen LogP contribution in [0.15, 0.2) is 41.8 Å². The predicted octanol–water partition coefficient (Wildman–Crippen LogP) is 5.16. The minimum absolute atomic E-state index is 1.07. The summed E-state index contributed by atoms with van der Waals surface area (Å²) >= 11 is 3.51. The molecule has 2 heterocycles. The predicted molar refractivity (Wildman–Crippen MR) is 80.3 cm³/mol. The van der Waals surface area contributed by atoms with Gasteiger partial charge in [-0.15, -0.1) is 22.7 Å². The maximum absolute atomic E-state index is 4.72. The molecule has 3 rings (SSSR count). The van der Waals surface area contributed by atoms with Crippen molar-refractivity contribution >= 4 is 22.7 Å². The first kappa shape index (κ1) is 11.6. The van der Waals surface area contributed by atoms with Gasteiger partial charge in [0.1, 0.15) is 5.01 Å². The highest BCUT2D eigenvalue weighted by atomic mass is 32.1. The van der Waals surface area contributed by atoms with E-state index in [-0.39, 0.29) is 0 Å². The van der Waals surface area contributed by atoms with Crippen LogP contribution in [-0.2, 0) is 0 Å². The van der Waals surface area contributed by atoms with Gasteiger partial charge in [0.2, 0.25) is 0 Å². The van der Waals surface area contributed by atoms with Crippen molar-refractivity contribution in [2.45, 2.75) is 13.8 Å². The molecule has 0 saturated heterocycles. The van der Waals surface area contributed by atoms with Crippen molar-refractivity contribution in [1.82, 2.24) is 4.98 Å². The molecular weight excluding hydrogens is 258 g/mol. The maximum Gasteiger partial charge on any atom is 0.134 e. The van der Waals surface area contributed by atoms with E-state index in [0.717, 1.165) is 10.7 Å². The number of thiazole rings is 1. The van der Waals surface area contributed by atoms with Crippen molar-refractivity contribution in [3.05, 3.63) is 52.2 Å². The van der Waals surface area contributed by atoms with Gasteiger partial charge in [-0.3, -0.25) is 0 Å². The van der Waals surface area contributed by atoms with Gasteiger partial charge in [-0.25, -0.2) is 4.98 Å². The second kappa shape index (κ2) is 4.67. The van der Waals surface area contributed by atoms with Crippen molar-refractivity contribution < 1.29 is 0 Å². The smallest absolute Gasteiger partial charge is 0.134 e. The zero-order chi connectivity index (χ0) is 12.5. The zero-order valence-electron chi connectivity index (χ0n) is 10.3. The molecule has 0 bridgehead atoms. The van der Waals surface area contributed by atoms with E-state index in [1.807, 2.05) is 0 Å². The summed E-state index contributed by atoms with van der Waals surface area (Å²) in [5.41, 5.74) is 3.54. The van der Waals surface area contributed by atoms with Crippen LogP contribution in [0.5, 0.6) is 0 Å². The fraction of sp³-hybridized carbons (Fsp3) is 0.133. The van der Waals surface area contributed by atoms with Gasteiger partial charge >= 0.3 is 0 Å². The quantitative estimate of drug-likeness (QED) is 0.627. The van der Waals surface area contributed by atoms with Crippen LogP contribution in [0, 0.1) is 13.8 Å². The second-order valence-electron chi connectivity index (χ2n) is 4.31. The Kier molecular flexibility index (Phi) is 3.02. The van der Waals surface area contributed by atoms with Gasteiger partial charge in [-0.05, 0) is 26.0 Å². The third-order valence-corrected chi connectivity index (χ3v) is 4.81. The van der Waals surface area contributed by atoms with E-state index in [1.165, 1.54) is 20.9 Å². The third-order valence-electron chi connectivity index (χ3n) is 2.80. The molecule has 2 aromatic heterocycles. The first-order valence-electron chi connectivity index (χ1n) is 5.82. The van der Waals surface area contributed by atoms with Gasteiger partial charge in [0.05, 0.1) is 10.6 Å². The first-order chi connectivity index (χ1) is 8.72. The summed E-state index contributed by atoms with van der Waals surface area (Å²) in [6.07, 6.45) is 0. The van der Waals surface area contributed by atoms with E-state index in [1.54, 1.807) is 22.7 Å². The Morgan fingerprint density at radius 2 is 1.72 bits per heavy atom. The van der Waals surface area contributed by atoms with E-state index in [2.05, 4.69) is 55.6 Å². The molecule has 90 valence electrons. The molecule has 18 heavy (non-hydrogen) atoms. The highest BCUT2D eigenvalue weighted by Crippen LogP contribution is 2.33. The molecule has 0 amide bonds. The van der Waals surface area contributed by atoms with Crippen LogP contribution in [0.25, 0.3) is 21.1 Å². The number of rotatable bonds is 2. The summed E-state index contributed by atoms with van der Waals surface area (Å²) in [4.78, 5) is 7.31. The molecule has 3 aromatic rings. The van der Waals surface area contributed by atoms with E-state index >= 15 is 0 Å². The summed E-state index contributed by atoms with van der Waals surface area (Å²) in [6, 6.07) is 12.8. The lowest BCUT2D eigenvalue weighted by molar-refractivity contribution is 1.40. The Balaban J connectivity index is 1.96. The number of nitrogens with zero attached hydrogens (tertiary/aromatic N) is 1. The van der Waals surface area contributed by atoms with Gasteiger partial charge in [-0.1, -0.05) is 29.8 Å². The van der Waals surface area contributed by atoms with Crippen molar-refractivity contribution in [2.24, 2.45) is 0 Å². The highest BCUT2D eigenvalue weighted by Gasteiger charge is 2.07. The third kappa shape index (κ3) is 2.24. The van der Waals surface area contributed by atoms with E-state index in [9.17, 15) is 0 Å². The molecule has 0 radical (unpaired) electrons. The van der Waals surface area contributed by atoms with Crippen molar-refractivity contribution in [3.63, 3.8) is 0 Å². The molecule has 0 spiro atoms. The fourth-order valence-corrected chi connectivity index (χ4v) is 3.56. The molecule has 0 aliphatic rings. The lowest BCUT2D eigenvalue weighted by atomic mass is 10.1. The number of aromatic nitrogens is 1. The van der Waals surface area contributed by atoms with E-state index in [4.69, 9.17) is 4.98 Å². The summed E-state index contributed by atoms with van der Waals surface area (Å²) < 4.78 is 0. The Labute approximate surface area is 115 Å². The number of thiophene rings is 1. The summed E-state index contributed by atoms with van der Waals surface area (Å²) in [5.74, 6) is 0. The Bertz CT molecular complexity index is 662. The largest absolute Gasteiger partial charge is 0.235 e. The van der Waals surface area contributed by atoms with Crippen LogP contribution in [0.2, 0.25) is 0 Å². The topological polar surface area (TPSA) is 12.9 Å². The molecule has 0 aliphatic carbocycles. The molecule has 0 aliphatic heterocycles. The summed E-state index contributed by atoms with van der Waals surface area (Å²) in [5, 5.41) is 3.25. The fourth-order valence-electron chi connectivity index (χ4n) is 1.79. The van der Waals surface area contributed by atoms with Crippen LogP contribution in [-0.4, -0.2) is 4.98 Å². The first-order valence-corrected chi connectivity index (χ1v) is 7.51. The van der Waals surface area contributed by atoms with Crippen molar-refractivity contribution in [2.75, 3.05) is 0 Å². The highest BCUT2D eigenvalue weighted by molar-refractivity contribution is 7.21. The summed E-state index contributed by atoms with van der Waals surface area (Å²) in [7, 11) is 0. The van der Waals surface area contributed by atoms with Crippen molar-refractivity contribution in [1.29, 1.82) is 0 Å². The number of aryl methyl sites for hydroxylation is 2. The number of hydrogen-bond donors (Lipinski definition) is 0. The number of benzene rings is 1. The zero-order valence-corrected chi connectivity index (χ0v) is 11.9. The monoisotopic (exact) mass is 271 g/mol. The average Bonchev–Trinajstić information content (AvgIpc) is 2.98. The van der Waals surface area contributed by atoms with Crippen LogP contribution < -0.4 is 0 Å². The SMILES string of the molecule is Cc1ccc(-c2csc(-c3ccc(C)s3)n2)cc1. The van der Waals surface area contributed by atoms with Gasteiger partial charge in [0.15, 0.2) is 0 Å². The molecule has 1 nitrogen and oxygen atoms in total. The average molecular weight is 271 g/mol. The lowest BCUT2D eigenvalue weighted by Crippen LogP contribution is -1.78.